The summed E-state index contributed by atoms with van der Waals surface area (Å²) < 4.78 is 16.2. The van der Waals surface area contributed by atoms with Gasteiger partial charge in [-0.1, -0.05) is 24.0 Å². The van der Waals surface area contributed by atoms with E-state index in [1.807, 2.05) is 24.3 Å². The molecule has 0 atom stereocenters. The zero-order valence-electron chi connectivity index (χ0n) is 16.0. The molecule has 0 amide bonds. The molecule has 1 aliphatic heterocycles. The molecule has 0 aliphatic carbocycles. The first kappa shape index (κ1) is 20.1. The van der Waals surface area contributed by atoms with Crippen LogP contribution in [0.25, 0.3) is 16.5 Å². The molecule has 0 spiro atoms. The number of cyclic esters (lactones) is 1. The molecule has 1 aromatic heterocycles. The van der Waals surface area contributed by atoms with E-state index in [0.717, 1.165) is 10.8 Å². The smallest absolute Gasteiger partial charge is 0.405 e. The number of rotatable bonds is 6. The molecule has 1 aromatic carbocycles. The minimum atomic E-state index is -0.988. The molecule has 0 unspecified atom stereocenters. The number of esters is 3. The standard InChI is InChI=1S/C21H19NO7/c1-3-27-20(25)17(16-15(23)12-29-19(16)24)18(21(26)28-4-2)22-10-9-13-7-5-6-8-14(13)11-22/h5-11H,3-4,12H2,1-2H3. The van der Waals surface area contributed by atoms with Crippen molar-refractivity contribution in [3.63, 3.8) is 0 Å². The van der Waals surface area contributed by atoms with Gasteiger partial charge in [0, 0.05) is 11.5 Å². The van der Waals surface area contributed by atoms with Gasteiger partial charge in [0.2, 0.25) is 0 Å². The molecule has 2 aromatic rings. The number of pyridine rings is 1. The normalized spacial score (nSPS) is 14.5. The number of hydrogen-bond acceptors (Lipinski definition) is 7. The number of benzene rings is 1. The van der Waals surface area contributed by atoms with Crippen molar-refractivity contribution in [2.45, 2.75) is 13.8 Å². The van der Waals surface area contributed by atoms with Crippen LogP contribution < -0.4 is 9.67 Å². The maximum Gasteiger partial charge on any atom is 0.405 e. The fourth-order valence-electron chi connectivity index (χ4n) is 2.96. The van der Waals surface area contributed by atoms with E-state index in [1.165, 1.54) is 4.57 Å². The SMILES string of the molecule is CCOC(=O)/C(C1=C([O-])COC1=O)=C(\C(=O)OCC)[n+]1ccc2ccccc2c1. The van der Waals surface area contributed by atoms with Crippen LogP contribution in [0.5, 0.6) is 0 Å². The van der Waals surface area contributed by atoms with Crippen LogP contribution in [0.15, 0.2) is 59.6 Å². The Morgan fingerprint density at radius 3 is 2.34 bits per heavy atom. The van der Waals surface area contributed by atoms with Crippen LogP contribution in [0.4, 0.5) is 0 Å². The molecule has 0 fully saturated rings. The number of aromatic nitrogens is 1. The molecule has 0 saturated heterocycles. The Morgan fingerprint density at radius 2 is 1.72 bits per heavy atom. The van der Waals surface area contributed by atoms with Crippen molar-refractivity contribution < 1.29 is 38.3 Å². The van der Waals surface area contributed by atoms with Crippen LogP contribution >= 0.6 is 0 Å². The fourth-order valence-corrected chi connectivity index (χ4v) is 2.96. The third-order valence-electron chi connectivity index (χ3n) is 4.20. The summed E-state index contributed by atoms with van der Waals surface area (Å²) in [4.78, 5) is 37.7. The summed E-state index contributed by atoms with van der Waals surface area (Å²) >= 11 is 0. The first-order valence-electron chi connectivity index (χ1n) is 9.04. The monoisotopic (exact) mass is 397 g/mol. The van der Waals surface area contributed by atoms with Crippen LogP contribution in [-0.4, -0.2) is 37.7 Å². The number of ether oxygens (including phenoxy) is 3. The van der Waals surface area contributed by atoms with Crippen LogP contribution in [-0.2, 0) is 28.6 Å². The largest absolute Gasteiger partial charge is 0.873 e. The first-order valence-corrected chi connectivity index (χ1v) is 9.04. The van der Waals surface area contributed by atoms with E-state index in [9.17, 15) is 19.5 Å². The molecular formula is C21H19NO7. The average molecular weight is 397 g/mol. The van der Waals surface area contributed by atoms with Gasteiger partial charge in [0.1, 0.15) is 6.61 Å². The summed E-state index contributed by atoms with van der Waals surface area (Å²) in [5.74, 6) is -3.56. The summed E-state index contributed by atoms with van der Waals surface area (Å²) in [6, 6.07) is 9.12. The van der Waals surface area contributed by atoms with Gasteiger partial charge >= 0.3 is 23.6 Å². The summed E-state index contributed by atoms with van der Waals surface area (Å²) in [6.07, 6.45) is 3.14. The molecule has 0 saturated carbocycles. The van der Waals surface area contributed by atoms with Crippen LogP contribution in [0, 0.1) is 0 Å². The molecular weight excluding hydrogens is 378 g/mol. The molecule has 3 rings (SSSR count). The Morgan fingerprint density at radius 1 is 1.07 bits per heavy atom. The molecule has 8 heteroatoms. The molecule has 8 nitrogen and oxygen atoms in total. The van der Waals surface area contributed by atoms with E-state index in [2.05, 4.69) is 0 Å². The molecule has 0 N–H and O–H groups in total. The quantitative estimate of drug-likeness (QED) is 0.305. The highest BCUT2D eigenvalue weighted by Crippen LogP contribution is 2.26. The van der Waals surface area contributed by atoms with E-state index in [-0.39, 0.29) is 18.9 Å². The summed E-state index contributed by atoms with van der Waals surface area (Å²) in [6.45, 7) is 2.68. The molecule has 0 radical (unpaired) electrons. The summed E-state index contributed by atoms with van der Waals surface area (Å²) in [5.41, 5.74) is -1.29. The topological polar surface area (TPSA) is 106 Å². The highest BCUT2D eigenvalue weighted by Gasteiger charge is 2.39. The molecule has 29 heavy (non-hydrogen) atoms. The fraction of sp³-hybridized carbons (Fsp3) is 0.238. The number of carbonyl (C=O) groups excluding carboxylic acids is 3. The lowest BCUT2D eigenvalue weighted by molar-refractivity contribution is -0.577. The Kier molecular flexibility index (Phi) is 5.92. The van der Waals surface area contributed by atoms with Crippen LogP contribution in [0.2, 0.25) is 0 Å². The summed E-state index contributed by atoms with van der Waals surface area (Å²) in [7, 11) is 0. The van der Waals surface area contributed by atoms with E-state index in [4.69, 9.17) is 14.2 Å². The maximum absolute atomic E-state index is 12.8. The predicted molar refractivity (Wildman–Crippen MR) is 98.6 cm³/mol. The number of fused-ring (bicyclic) bond motifs is 1. The van der Waals surface area contributed by atoms with E-state index >= 15 is 0 Å². The van der Waals surface area contributed by atoms with Gasteiger partial charge < -0.3 is 19.3 Å². The van der Waals surface area contributed by atoms with Crippen molar-refractivity contribution in [1.82, 2.24) is 0 Å². The maximum atomic E-state index is 12.8. The Bertz CT molecular complexity index is 1050. The lowest BCUT2D eigenvalue weighted by Crippen LogP contribution is -2.40. The van der Waals surface area contributed by atoms with Gasteiger partial charge in [-0.3, -0.25) is 0 Å². The molecule has 1 aliphatic rings. The minimum Gasteiger partial charge on any atom is -0.873 e. The average Bonchev–Trinajstić information content (AvgIpc) is 3.04. The van der Waals surface area contributed by atoms with Gasteiger partial charge in [0.05, 0.1) is 18.8 Å². The Labute approximate surface area is 166 Å². The van der Waals surface area contributed by atoms with Gasteiger partial charge in [-0.05, 0) is 25.3 Å². The van der Waals surface area contributed by atoms with Gasteiger partial charge in [0.25, 0.3) is 0 Å². The van der Waals surface area contributed by atoms with Gasteiger partial charge in [-0.15, -0.1) is 0 Å². The highest BCUT2D eigenvalue weighted by atomic mass is 16.6. The first-order chi connectivity index (χ1) is 14.0. The van der Waals surface area contributed by atoms with Crippen molar-refractivity contribution in [2.24, 2.45) is 0 Å². The van der Waals surface area contributed by atoms with E-state index in [1.54, 1.807) is 32.3 Å². The van der Waals surface area contributed by atoms with Gasteiger partial charge in [0.15, 0.2) is 18.0 Å². The lowest BCUT2D eigenvalue weighted by atomic mass is 10.0. The van der Waals surface area contributed by atoms with E-state index in [0.29, 0.717) is 0 Å². The third kappa shape index (κ3) is 3.96. The second kappa shape index (κ2) is 8.55. The molecule has 2 heterocycles. The number of carbonyl (C=O) groups is 3. The van der Waals surface area contributed by atoms with Crippen molar-refractivity contribution in [2.75, 3.05) is 19.8 Å². The lowest BCUT2D eigenvalue weighted by Gasteiger charge is -2.12. The van der Waals surface area contributed by atoms with Crippen molar-refractivity contribution >= 4 is 34.4 Å². The highest BCUT2D eigenvalue weighted by molar-refractivity contribution is 6.21. The van der Waals surface area contributed by atoms with Crippen molar-refractivity contribution in [3.8, 4) is 0 Å². The zero-order chi connectivity index (χ0) is 21.0. The molecule has 0 bridgehead atoms. The summed E-state index contributed by atoms with van der Waals surface area (Å²) in [5, 5.41) is 13.9. The second-order valence-electron chi connectivity index (χ2n) is 6.02. The minimum absolute atomic E-state index is 0.0165. The Hall–Kier alpha value is -3.68. The third-order valence-corrected chi connectivity index (χ3v) is 4.20. The van der Waals surface area contributed by atoms with Gasteiger partial charge in [-0.2, -0.15) is 4.57 Å². The molecule has 150 valence electrons. The van der Waals surface area contributed by atoms with E-state index < -0.39 is 41.4 Å². The second-order valence-corrected chi connectivity index (χ2v) is 6.02. The predicted octanol–water partition coefficient (Wildman–Crippen LogP) is 0.636. The van der Waals surface area contributed by atoms with Crippen molar-refractivity contribution in [3.05, 3.63) is 59.6 Å². The number of hydrogen-bond donors (Lipinski definition) is 0. The number of nitrogens with zero attached hydrogens (tertiary/aromatic N) is 1. The van der Waals surface area contributed by atoms with Crippen LogP contribution in [0.3, 0.4) is 0 Å². The van der Waals surface area contributed by atoms with Gasteiger partial charge in [-0.25, -0.2) is 14.4 Å². The Balaban J connectivity index is 2.33. The van der Waals surface area contributed by atoms with Crippen LogP contribution in [0.1, 0.15) is 13.8 Å². The van der Waals surface area contributed by atoms with Crippen molar-refractivity contribution in [1.29, 1.82) is 0 Å². The zero-order valence-corrected chi connectivity index (χ0v) is 16.0.